The van der Waals surface area contributed by atoms with Gasteiger partial charge in [0.15, 0.2) is 5.96 Å². The van der Waals surface area contributed by atoms with Crippen LogP contribution >= 0.6 is 0 Å². The Bertz CT molecular complexity index is 491. The fourth-order valence-electron chi connectivity index (χ4n) is 4.17. The normalized spacial score (nSPS) is 22.5. The summed E-state index contributed by atoms with van der Waals surface area (Å²) in [5, 5.41) is 6.90. The highest BCUT2D eigenvalue weighted by Crippen LogP contribution is 2.26. The van der Waals surface area contributed by atoms with E-state index in [0.29, 0.717) is 12.5 Å². The molecule has 2 N–H and O–H groups in total. The summed E-state index contributed by atoms with van der Waals surface area (Å²) in [6, 6.07) is 0.269. The first-order valence-corrected chi connectivity index (χ1v) is 11.1. The Morgan fingerprint density at radius 1 is 1.25 bits per heavy atom. The Hall–Kier alpha value is -1.34. The lowest BCUT2D eigenvalue weighted by molar-refractivity contribution is -0.135. The van der Waals surface area contributed by atoms with Gasteiger partial charge >= 0.3 is 0 Å². The maximum atomic E-state index is 12.7. The summed E-state index contributed by atoms with van der Waals surface area (Å²) in [5.41, 5.74) is 0. The van der Waals surface area contributed by atoms with Crippen molar-refractivity contribution in [3.05, 3.63) is 0 Å². The predicted octanol–water partition coefficient (Wildman–Crippen LogP) is 1.69. The SMILES string of the molecule is CCOC(CCN(C)C)CNC(=NC)NC1CCN(C(=O)C2CCCCC2)C1. The van der Waals surface area contributed by atoms with Crippen molar-refractivity contribution >= 4 is 11.9 Å². The summed E-state index contributed by atoms with van der Waals surface area (Å²) in [6.45, 7) is 6.12. The molecule has 7 heteroatoms. The monoisotopic (exact) mass is 395 g/mol. The van der Waals surface area contributed by atoms with Crippen molar-refractivity contribution in [2.75, 3.05) is 53.9 Å². The largest absolute Gasteiger partial charge is 0.377 e. The van der Waals surface area contributed by atoms with Gasteiger partial charge in [-0.1, -0.05) is 19.3 Å². The van der Waals surface area contributed by atoms with Crippen LogP contribution in [-0.2, 0) is 9.53 Å². The van der Waals surface area contributed by atoms with Crippen LogP contribution in [-0.4, -0.2) is 87.7 Å². The average Bonchev–Trinajstić information content (AvgIpc) is 3.17. The van der Waals surface area contributed by atoms with Crippen molar-refractivity contribution in [1.82, 2.24) is 20.4 Å². The molecule has 0 bridgehead atoms. The van der Waals surface area contributed by atoms with E-state index in [1.165, 1.54) is 19.3 Å². The first kappa shape index (κ1) is 22.9. The number of hydrogen-bond donors (Lipinski definition) is 2. The molecule has 0 aromatic heterocycles. The second-order valence-corrected chi connectivity index (χ2v) is 8.37. The molecule has 2 rings (SSSR count). The van der Waals surface area contributed by atoms with E-state index < -0.39 is 0 Å². The number of nitrogens with one attached hydrogen (secondary N) is 2. The van der Waals surface area contributed by atoms with Crippen molar-refractivity contribution < 1.29 is 9.53 Å². The molecule has 2 fully saturated rings. The molecule has 2 unspecified atom stereocenters. The number of ether oxygens (including phenoxy) is 1. The molecular weight excluding hydrogens is 354 g/mol. The van der Waals surface area contributed by atoms with Gasteiger partial charge in [0, 0.05) is 51.8 Å². The molecule has 0 aromatic rings. The number of amides is 1. The molecule has 0 radical (unpaired) electrons. The minimum absolute atomic E-state index is 0.166. The Labute approximate surface area is 171 Å². The topological polar surface area (TPSA) is 69.2 Å². The zero-order valence-corrected chi connectivity index (χ0v) is 18.4. The molecular formula is C21H41N5O2. The molecule has 2 atom stereocenters. The zero-order chi connectivity index (χ0) is 20.4. The number of aliphatic imine (C=N–C) groups is 1. The van der Waals surface area contributed by atoms with Gasteiger partial charge in [-0.25, -0.2) is 0 Å². The summed E-state index contributed by atoms with van der Waals surface area (Å²) in [4.78, 5) is 21.3. The number of carbonyl (C=O) groups is 1. The number of nitrogens with zero attached hydrogens (tertiary/aromatic N) is 3. The van der Waals surface area contributed by atoms with Gasteiger partial charge in [-0.15, -0.1) is 0 Å². The third-order valence-electron chi connectivity index (χ3n) is 5.82. The van der Waals surface area contributed by atoms with E-state index in [0.717, 1.165) is 57.8 Å². The fraction of sp³-hybridized carbons (Fsp3) is 0.905. The van der Waals surface area contributed by atoms with Crippen LogP contribution in [0.5, 0.6) is 0 Å². The second-order valence-electron chi connectivity index (χ2n) is 8.37. The molecule has 1 heterocycles. The van der Waals surface area contributed by atoms with Gasteiger partial charge in [0.2, 0.25) is 5.91 Å². The number of hydrogen-bond acceptors (Lipinski definition) is 4. The van der Waals surface area contributed by atoms with Crippen molar-refractivity contribution in [2.24, 2.45) is 10.9 Å². The van der Waals surface area contributed by atoms with Crippen molar-refractivity contribution in [3.63, 3.8) is 0 Å². The number of rotatable bonds is 9. The second kappa shape index (κ2) is 12.3. The van der Waals surface area contributed by atoms with Gasteiger partial charge in [0.25, 0.3) is 0 Å². The molecule has 2 aliphatic rings. The lowest BCUT2D eigenvalue weighted by Crippen LogP contribution is -2.47. The van der Waals surface area contributed by atoms with Gasteiger partial charge in [0.1, 0.15) is 0 Å². The highest BCUT2D eigenvalue weighted by Gasteiger charge is 2.31. The highest BCUT2D eigenvalue weighted by molar-refractivity contribution is 5.81. The zero-order valence-electron chi connectivity index (χ0n) is 18.4. The minimum atomic E-state index is 0.166. The van der Waals surface area contributed by atoms with Crippen LogP contribution in [0.25, 0.3) is 0 Å². The van der Waals surface area contributed by atoms with E-state index in [1.807, 2.05) is 6.92 Å². The first-order valence-electron chi connectivity index (χ1n) is 11.1. The highest BCUT2D eigenvalue weighted by atomic mass is 16.5. The van der Waals surface area contributed by atoms with Crippen molar-refractivity contribution in [1.29, 1.82) is 0 Å². The molecule has 28 heavy (non-hydrogen) atoms. The van der Waals surface area contributed by atoms with Gasteiger partial charge in [0.05, 0.1) is 6.10 Å². The number of guanidine groups is 1. The maximum absolute atomic E-state index is 12.7. The number of likely N-dealkylation sites (tertiary alicyclic amines) is 1. The third kappa shape index (κ3) is 7.59. The van der Waals surface area contributed by atoms with E-state index in [2.05, 4.69) is 39.5 Å². The van der Waals surface area contributed by atoms with Gasteiger partial charge in [-0.2, -0.15) is 0 Å². The molecule has 0 spiro atoms. The molecule has 1 saturated heterocycles. The summed E-state index contributed by atoms with van der Waals surface area (Å²) in [7, 11) is 5.96. The Morgan fingerprint density at radius 3 is 2.64 bits per heavy atom. The van der Waals surface area contributed by atoms with Crippen LogP contribution in [0.3, 0.4) is 0 Å². The fourth-order valence-corrected chi connectivity index (χ4v) is 4.17. The van der Waals surface area contributed by atoms with E-state index in [1.54, 1.807) is 7.05 Å². The van der Waals surface area contributed by atoms with Crippen LogP contribution < -0.4 is 10.6 Å². The Balaban J connectivity index is 1.75. The molecule has 162 valence electrons. The standard InChI is InChI=1S/C21H41N5O2/c1-5-28-19(12-13-25(3)4)15-23-21(22-2)24-18-11-14-26(16-18)20(27)17-9-7-6-8-10-17/h17-19H,5-16H2,1-4H3,(H2,22,23,24). The smallest absolute Gasteiger partial charge is 0.225 e. The molecule has 7 nitrogen and oxygen atoms in total. The third-order valence-corrected chi connectivity index (χ3v) is 5.82. The molecule has 1 saturated carbocycles. The van der Waals surface area contributed by atoms with Crippen LogP contribution in [0.4, 0.5) is 0 Å². The summed E-state index contributed by atoms with van der Waals surface area (Å²) in [5.74, 6) is 1.42. The molecule has 0 aromatic carbocycles. The van der Waals surface area contributed by atoms with Crippen LogP contribution in [0, 0.1) is 5.92 Å². The van der Waals surface area contributed by atoms with Crippen molar-refractivity contribution in [3.8, 4) is 0 Å². The van der Waals surface area contributed by atoms with Crippen molar-refractivity contribution in [2.45, 2.75) is 64.0 Å². The average molecular weight is 396 g/mol. The van der Waals surface area contributed by atoms with E-state index in [4.69, 9.17) is 4.74 Å². The summed E-state index contributed by atoms with van der Waals surface area (Å²) >= 11 is 0. The molecule has 1 amide bonds. The van der Waals surface area contributed by atoms with E-state index in [9.17, 15) is 4.79 Å². The van der Waals surface area contributed by atoms with Crippen LogP contribution in [0.15, 0.2) is 4.99 Å². The van der Waals surface area contributed by atoms with Crippen LogP contribution in [0.1, 0.15) is 51.9 Å². The number of carbonyl (C=O) groups excluding carboxylic acids is 1. The lowest BCUT2D eigenvalue weighted by atomic mass is 9.88. The Morgan fingerprint density at radius 2 is 2.00 bits per heavy atom. The van der Waals surface area contributed by atoms with Crippen LogP contribution in [0.2, 0.25) is 0 Å². The quantitative estimate of drug-likeness (QED) is 0.459. The van der Waals surface area contributed by atoms with E-state index in [-0.39, 0.29) is 18.1 Å². The lowest BCUT2D eigenvalue weighted by Gasteiger charge is -2.26. The minimum Gasteiger partial charge on any atom is -0.377 e. The maximum Gasteiger partial charge on any atom is 0.225 e. The van der Waals surface area contributed by atoms with Gasteiger partial charge in [-0.05, 0) is 46.7 Å². The van der Waals surface area contributed by atoms with Gasteiger partial charge in [-0.3, -0.25) is 9.79 Å². The van der Waals surface area contributed by atoms with Gasteiger partial charge < -0.3 is 25.2 Å². The summed E-state index contributed by atoms with van der Waals surface area (Å²) < 4.78 is 5.85. The van der Waals surface area contributed by atoms with E-state index >= 15 is 0 Å². The first-order chi connectivity index (χ1) is 13.5. The summed E-state index contributed by atoms with van der Waals surface area (Å²) in [6.07, 6.45) is 7.97. The molecule has 1 aliphatic carbocycles. The Kier molecular flexibility index (Phi) is 10.1. The molecule has 1 aliphatic heterocycles. The predicted molar refractivity (Wildman–Crippen MR) is 115 cm³/mol.